The van der Waals surface area contributed by atoms with Crippen molar-refractivity contribution in [2.45, 2.75) is 12.7 Å². The molecule has 0 aliphatic heterocycles. The molecule has 1 amide bonds. The lowest BCUT2D eigenvalue weighted by Crippen LogP contribution is -2.36. The average molecular weight is 464 g/mol. The molecule has 0 bridgehead atoms. The van der Waals surface area contributed by atoms with Crippen molar-refractivity contribution in [3.63, 3.8) is 0 Å². The third-order valence-corrected chi connectivity index (χ3v) is 4.46. The number of fused-ring (bicyclic) bond motifs is 2. The summed E-state index contributed by atoms with van der Waals surface area (Å²) in [6.07, 6.45) is -1.02. The monoisotopic (exact) mass is 464 g/mol. The van der Waals surface area contributed by atoms with E-state index in [0.29, 0.717) is 10.1 Å². The lowest BCUT2D eigenvalue weighted by molar-refractivity contribution is -0.161. The first-order chi connectivity index (χ1) is 15.6. The zero-order valence-corrected chi connectivity index (χ0v) is 16.4. The van der Waals surface area contributed by atoms with E-state index >= 15 is 0 Å². The van der Waals surface area contributed by atoms with Gasteiger partial charge in [0.1, 0.15) is 23.5 Å². The number of nitrogens with zero attached hydrogens (tertiary/aromatic N) is 3. The maximum atomic E-state index is 14.1. The minimum absolute atomic E-state index is 0.0308. The summed E-state index contributed by atoms with van der Waals surface area (Å²) in [7, 11) is 0. The third-order valence-electron chi connectivity index (χ3n) is 4.46. The van der Waals surface area contributed by atoms with E-state index in [9.17, 15) is 31.9 Å². The van der Waals surface area contributed by atoms with Crippen LogP contribution in [0.5, 0.6) is 0 Å². The van der Waals surface area contributed by atoms with Crippen LogP contribution in [0, 0.1) is 5.82 Å². The normalized spacial score (nSPS) is 11.6. The number of halogens is 4. The number of aromatic nitrogens is 3. The number of pyridine rings is 1. The number of carbonyl (C=O) groups is 2. The Morgan fingerprint density at radius 2 is 1.97 bits per heavy atom. The van der Waals surface area contributed by atoms with Gasteiger partial charge in [0.15, 0.2) is 12.2 Å². The number of alkyl halides is 3. The fourth-order valence-corrected chi connectivity index (χ4v) is 2.97. The van der Waals surface area contributed by atoms with Gasteiger partial charge in [-0.3, -0.25) is 9.78 Å². The molecule has 1 N–H and O–H groups in total. The topological polar surface area (TPSA) is 116 Å². The zero-order valence-electron chi connectivity index (χ0n) is 16.4. The van der Waals surface area contributed by atoms with Crippen LogP contribution in [0.25, 0.3) is 21.9 Å². The van der Waals surface area contributed by atoms with Gasteiger partial charge < -0.3 is 14.5 Å². The first-order valence-electron chi connectivity index (χ1n) is 9.18. The molecular formula is C20H12F4N4O5. The number of nitrogens with one attached hydrogen (secondary N) is 1. The molecule has 9 nitrogen and oxygen atoms in total. The number of furan rings is 1. The van der Waals surface area contributed by atoms with Crippen molar-refractivity contribution in [3.05, 3.63) is 70.5 Å². The Hall–Kier alpha value is -4.29. The summed E-state index contributed by atoms with van der Waals surface area (Å²) < 4.78 is 61.3. The van der Waals surface area contributed by atoms with Gasteiger partial charge in [-0.1, -0.05) is 0 Å². The molecule has 33 heavy (non-hydrogen) atoms. The molecule has 0 fully saturated rings. The first kappa shape index (κ1) is 21.9. The highest BCUT2D eigenvalue weighted by Crippen LogP contribution is 2.27. The zero-order chi connectivity index (χ0) is 23.8. The van der Waals surface area contributed by atoms with Gasteiger partial charge in [-0.2, -0.15) is 13.2 Å². The minimum atomic E-state index is -4.74. The predicted molar refractivity (Wildman–Crippen MR) is 104 cm³/mol. The molecule has 0 saturated carbocycles. The highest BCUT2D eigenvalue weighted by atomic mass is 19.4. The van der Waals surface area contributed by atoms with E-state index in [1.165, 1.54) is 18.5 Å². The standard InChI is InChI=1S/C20H12F4N4O5/c21-14-2-1-11(18(30)32-8-20(22,23)24)16-12(14)5-10(33-16)6-26-19(31)28-9-27-15-3-4-25-7-13(15)17(28)29/h1-5,7,9H,6,8H2,(H,26,31). The maximum absolute atomic E-state index is 14.1. The number of hydrogen-bond acceptors (Lipinski definition) is 7. The highest BCUT2D eigenvalue weighted by Gasteiger charge is 2.30. The molecule has 0 aliphatic carbocycles. The quantitative estimate of drug-likeness (QED) is 0.364. The van der Waals surface area contributed by atoms with E-state index in [2.05, 4.69) is 20.0 Å². The number of amides is 1. The van der Waals surface area contributed by atoms with Gasteiger partial charge in [-0.05, 0) is 24.3 Å². The van der Waals surface area contributed by atoms with E-state index in [0.717, 1.165) is 24.5 Å². The van der Waals surface area contributed by atoms with E-state index in [1.807, 2.05) is 0 Å². The third kappa shape index (κ3) is 4.51. The Kier molecular flexibility index (Phi) is 5.54. The van der Waals surface area contributed by atoms with Gasteiger partial charge in [0.05, 0.1) is 22.8 Å². The van der Waals surface area contributed by atoms with E-state index < -0.39 is 41.7 Å². The van der Waals surface area contributed by atoms with Crippen LogP contribution in [0.3, 0.4) is 0 Å². The second kappa shape index (κ2) is 8.33. The van der Waals surface area contributed by atoms with Crippen LogP contribution in [0.4, 0.5) is 22.4 Å². The van der Waals surface area contributed by atoms with Gasteiger partial charge in [0, 0.05) is 12.4 Å². The molecule has 0 spiro atoms. The second-order valence-electron chi connectivity index (χ2n) is 6.71. The summed E-state index contributed by atoms with van der Waals surface area (Å²) >= 11 is 0. The van der Waals surface area contributed by atoms with Crippen LogP contribution in [-0.4, -0.2) is 39.3 Å². The lowest BCUT2D eigenvalue weighted by Gasteiger charge is -2.08. The number of ether oxygens (including phenoxy) is 1. The molecule has 4 rings (SSSR count). The fourth-order valence-electron chi connectivity index (χ4n) is 2.97. The van der Waals surface area contributed by atoms with Crippen molar-refractivity contribution < 1.29 is 36.3 Å². The largest absolute Gasteiger partial charge is 0.458 e. The van der Waals surface area contributed by atoms with Crippen LogP contribution >= 0.6 is 0 Å². The molecule has 3 aromatic heterocycles. The summed E-state index contributed by atoms with van der Waals surface area (Å²) in [5.41, 5.74) is -1.09. The molecular weight excluding hydrogens is 452 g/mol. The maximum Gasteiger partial charge on any atom is 0.422 e. The van der Waals surface area contributed by atoms with Gasteiger partial charge in [0.25, 0.3) is 5.56 Å². The predicted octanol–water partition coefficient (Wildman–Crippen LogP) is 3.15. The van der Waals surface area contributed by atoms with Crippen molar-refractivity contribution >= 4 is 33.9 Å². The molecule has 4 aromatic rings. The summed E-state index contributed by atoms with van der Waals surface area (Å²) in [5, 5.41) is 2.29. The molecule has 0 unspecified atom stereocenters. The van der Waals surface area contributed by atoms with Gasteiger partial charge >= 0.3 is 18.2 Å². The van der Waals surface area contributed by atoms with Crippen LogP contribution in [0.1, 0.15) is 16.1 Å². The Morgan fingerprint density at radius 1 is 1.18 bits per heavy atom. The SMILES string of the molecule is O=C(OCC(F)(F)F)c1ccc(F)c2cc(CNC(=O)n3cnc4ccncc4c3=O)oc12. The summed E-state index contributed by atoms with van der Waals surface area (Å²) in [6.45, 7) is -2.15. The minimum Gasteiger partial charge on any atom is -0.458 e. The van der Waals surface area contributed by atoms with Gasteiger partial charge in [0.2, 0.25) is 0 Å². The average Bonchev–Trinajstić information content (AvgIpc) is 3.21. The van der Waals surface area contributed by atoms with Crippen molar-refractivity contribution in [2.24, 2.45) is 0 Å². The number of carbonyl (C=O) groups excluding carboxylic acids is 2. The summed E-state index contributed by atoms with van der Waals surface area (Å²) in [4.78, 5) is 44.6. The second-order valence-corrected chi connectivity index (χ2v) is 6.71. The molecule has 13 heteroatoms. The van der Waals surface area contributed by atoms with Crippen LogP contribution in [-0.2, 0) is 11.3 Å². The number of benzene rings is 1. The molecule has 170 valence electrons. The number of hydrogen-bond donors (Lipinski definition) is 1. The first-order valence-corrected chi connectivity index (χ1v) is 9.18. The van der Waals surface area contributed by atoms with Crippen LogP contribution in [0.15, 0.2) is 52.2 Å². The molecule has 0 saturated heterocycles. The lowest BCUT2D eigenvalue weighted by atomic mass is 10.1. The van der Waals surface area contributed by atoms with E-state index in [-0.39, 0.29) is 28.7 Å². The van der Waals surface area contributed by atoms with Crippen molar-refractivity contribution in [1.29, 1.82) is 0 Å². The Morgan fingerprint density at radius 3 is 2.73 bits per heavy atom. The molecule has 3 heterocycles. The Labute approximate surface area is 180 Å². The number of esters is 1. The van der Waals surface area contributed by atoms with Gasteiger partial charge in [-0.15, -0.1) is 0 Å². The van der Waals surface area contributed by atoms with E-state index in [4.69, 9.17) is 4.42 Å². The molecule has 0 aliphatic rings. The Balaban J connectivity index is 1.55. The van der Waals surface area contributed by atoms with Crippen molar-refractivity contribution in [3.8, 4) is 0 Å². The van der Waals surface area contributed by atoms with Crippen molar-refractivity contribution in [1.82, 2.24) is 19.9 Å². The summed E-state index contributed by atoms with van der Waals surface area (Å²) in [5.74, 6) is -2.19. The smallest absolute Gasteiger partial charge is 0.422 e. The van der Waals surface area contributed by atoms with Crippen LogP contribution in [0.2, 0.25) is 0 Å². The molecule has 0 atom stereocenters. The summed E-state index contributed by atoms with van der Waals surface area (Å²) in [6, 6.07) is 3.59. The van der Waals surface area contributed by atoms with Gasteiger partial charge in [-0.25, -0.2) is 23.5 Å². The van der Waals surface area contributed by atoms with E-state index in [1.54, 1.807) is 0 Å². The highest BCUT2D eigenvalue weighted by molar-refractivity contribution is 6.02. The molecule has 0 radical (unpaired) electrons. The number of rotatable bonds is 4. The van der Waals surface area contributed by atoms with Crippen molar-refractivity contribution in [2.75, 3.05) is 6.61 Å². The molecule has 1 aromatic carbocycles. The van der Waals surface area contributed by atoms with Crippen LogP contribution < -0.4 is 10.9 Å². The Bertz CT molecular complexity index is 1440. The fraction of sp³-hybridized carbons (Fsp3) is 0.150.